The van der Waals surface area contributed by atoms with Gasteiger partial charge in [0.2, 0.25) is 5.91 Å². The minimum atomic E-state index is -0.407. The predicted octanol–water partition coefficient (Wildman–Crippen LogP) is 1.48. The number of hydrogen-bond acceptors (Lipinski definition) is 1. The molecule has 2 heteroatoms. The van der Waals surface area contributed by atoms with Gasteiger partial charge in [-0.2, -0.15) is 0 Å². The molecule has 1 saturated carbocycles. The van der Waals surface area contributed by atoms with Gasteiger partial charge >= 0.3 is 0 Å². The Bertz CT molecular complexity index is 168. The first kappa shape index (κ1) is 7.58. The van der Waals surface area contributed by atoms with E-state index in [-0.39, 0.29) is 16.7 Å². The van der Waals surface area contributed by atoms with Crippen LogP contribution in [0.15, 0.2) is 0 Å². The third-order valence-corrected chi connectivity index (χ3v) is 3.28. The van der Waals surface area contributed by atoms with Crippen molar-refractivity contribution in [1.82, 2.24) is 5.73 Å². The van der Waals surface area contributed by atoms with Crippen LogP contribution in [0.1, 0.15) is 27.7 Å². The highest BCUT2D eigenvalue weighted by Crippen LogP contribution is 2.68. The molecule has 1 radical (unpaired) electrons. The van der Waals surface area contributed by atoms with Crippen molar-refractivity contribution in [1.29, 1.82) is 0 Å². The Morgan fingerprint density at radius 1 is 1.20 bits per heavy atom. The van der Waals surface area contributed by atoms with E-state index in [0.29, 0.717) is 0 Å². The second kappa shape index (κ2) is 1.55. The van der Waals surface area contributed by atoms with Gasteiger partial charge in [-0.3, -0.25) is 10.5 Å². The topological polar surface area (TPSA) is 40.9 Å². The van der Waals surface area contributed by atoms with Crippen LogP contribution in [0.5, 0.6) is 0 Å². The highest BCUT2D eigenvalue weighted by molar-refractivity contribution is 5.81. The van der Waals surface area contributed by atoms with E-state index in [0.717, 1.165) is 0 Å². The lowest BCUT2D eigenvalue weighted by molar-refractivity contribution is -0.120. The summed E-state index contributed by atoms with van der Waals surface area (Å²) >= 11 is 0. The summed E-state index contributed by atoms with van der Waals surface area (Å²) in [6.45, 7) is 8.18. The fraction of sp³-hybridized carbons (Fsp3) is 0.875. The minimum absolute atomic E-state index is 0.0417. The molecule has 57 valence electrons. The second-order valence-corrected chi connectivity index (χ2v) is 4.24. The first-order valence-corrected chi connectivity index (χ1v) is 3.57. The first-order chi connectivity index (χ1) is 4.32. The molecule has 0 aromatic heterocycles. The number of rotatable bonds is 1. The molecule has 2 nitrogen and oxygen atoms in total. The Balaban J connectivity index is 2.81. The number of hydrogen-bond donors (Lipinski definition) is 0. The zero-order valence-corrected chi connectivity index (χ0v) is 6.99. The van der Waals surface area contributed by atoms with Crippen LogP contribution in [0.3, 0.4) is 0 Å². The average Bonchev–Trinajstić information content (AvgIpc) is 1.97. The summed E-state index contributed by atoms with van der Waals surface area (Å²) in [6.07, 6.45) is 0. The Kier molecular flexibility index (Phi) is 1.17. The molecule has 0 spiro atoms. The molecular weight excluding hydrogens is 126 g/mol. The molecule has 0 saturated heterocycles. The van der Waals surface area contributed by atoms with Crippen LogP contribution in [0.4, 0.5) is 0 Å². The third kappa shape index (κ3) is 0.619. The Morgan fingerprint density at radius 2 is 1.50 bits per heavy atom. The van der Waals surface area contributed by atoms with Gasteiger partial charge < -0.3 is 0 Å². The van der Waals surface area contributed by atoms with Gasteiger partial charge in [0.05, 0.1) is 5.92 Å². The molecule has 0 aromatic carbocycles. The molecule has 0 atom stereocenters. The molecule has 1 rings (SSSR count). The predicted molar refractivity (Wildman–Crippen MR) is 39.2 cm³/mol. The van der Waals surface area contributed by atoms with E-state index in [1.807, 2.05) is 27.7 Å². The molecule has 1 aliphatic carbocycles. The smallest absolute Gasteiger partial charge is 0.242 e. The Hall–Kier alpha value is -0.530. The lowest BCUT2D eigenvalue weighted by atomic mass is 10.0. The minimum Gasteiger partial charge on any atom is -0.273 e. The molecular formula is C8H14NO. The normalized spacial score (nSPS) is 28.0. The Labute approximate surface area is 61.8 Å². The number of nitrogens with one attached hydrogen (secondary N) is 1. The maximum atomic E-state index is 10.7. The summed E-state index contributed by atoms with van der Waals surface area (Å²) in [4.78, 5) is 10.7. The van der Waals surface area contributed by atoms with Gasteiger partial charge in [-0.25, -0.2) is 0 Å². The van der Waals surface area contributed by atoms with Gasteiger partial charge in [0.25, 0.3) is 0 Å². The van der Waals surface area contributed by atoms with Crippen LogP contribution in [-0.2, 0) is 4.79 Å². The fourth-order valence-electron chi connectivity index (χ4n) is 1.85. The Morgan fingerprint density at radius 3 is 1.50 bits per heavy atom. The van der Waals surface area contributed by atoms with Gasteiger partial charge in [0.15, 0.2) is 0 Å². The highest BCUT2D eigenvalue weighted by atomic mass is 16.1. The van der Waals surface area contributed by atoms with Crippen molar-refractivity contribution in [3.05, 3.63) is 0 Å². The summed E-state index contributed by atoms with van der Waals surface area (Å²) in [5.74, 6) is -0.449. The van der Waals surface area contributed by atoms with Crippen LogP contribution in [0.2, 0.25) is 0 Å². The average molecular weight is 140 g/mol. The van der Waals surface area contributed by atoms with Gasteiger partial charge in [-0.15, -0.1) is 0 Å². The van der Waals surface area contributed by atoms with Crippen molar-refractivity contribution < 1.29 is 4.79 Å². The molecule has 0 bridgehead atoms. The fourth-order valence-corrected chi connectivity index (χ4v) is 1.85. The lowest BCUT2D eigenvalue weighted by Gasteiger charge is -2.03. The van der Waals surface area contributed by atoms with Crippen molar-refractivity contribution in [2.45, 2.75) is 27.7 Å². The number of amides is 1. The molecule has 0 heterocycles. The maximum absolute atomic E-state index is 10.7. The second-order valence-electron chi connectivity index (χ2n) is 4.24. The molecule has 0 unspecified atom stereocenters. The SMILES string of the molecule is CC1(C)C(C([NH])=O)C1(C)C. The summed E-state index contributed by atoms with van der Waals surface area (Å²) in [5.41, 5.74) is 7.06. The van der Waals surface area contributed by atoms with E-state index in [1.54, 1.807) is 0 Å². The third-order valence-electron chi connectivity index (χ3n) is 3.28. The van der Waals surface area contributed by atoms with Crippen LogP contribution in [-0.4, -0.2) is 5.91 Å². The van der Waals surface area contributed by atoms with Gasteiger partial charge in [0.1, 0.15) is 0 Å². The van der Waals surface area contributed by atoms with Crippen molar-refractivity contribution in [2.75, 3.05) is 0 Å². The summed E-state index contributed by atoms with van der Waals surface area (Å²) < 4.78 is 0. The van der Waals surface area contributed by atoms with Crippen LogP contribution in [0, 0.1) is 16.7 Å². The van der Waals surface area contributed by atoms with Gasteiger partial charge in [0, 0.05) is 0 Å². The maximum Gasteiger partial charge on any atom is 0.242 e. The monoisotopic (exact) mass is 140 g/mol. The van der Waals surface area contributed by atoms with E-state index in [1.165, 1.54) is 0 Å². The molecule has 1 N–H and O–H groups in total. The zero-order chi connectivity index (χ0) is 8.15. The molecule has 0 aromatic rings. The standard InChI is InChI=1S/C8H14NO/c1-7(2)5(6(9)10)8(7,3)4/h5,9H,1-4H3. The van der Waals surface area contributed by atoms with Crippen LogP contribution in [0.25, 0.3) is 0 Å². The van der Waals surface area contributed by atoms with E-state index in [2.05, 4.69) is 0 Å². The summed E-state index contributed by atoms with van der Waals surface area (Å²) in [7, 11) is 0. The van der Waals surface area contributed by atoms with Crippen LogP contribution < -0.4 is 5.73 Å². The van der Waals surface area contributed by atoms with Gasteiger partial charge in [-0.05, 0) is 10.8 Å². The van der Waals surface area contributed by atoms with E-state index >= 15 is 0 Å². The highest BCUT2D eigenvalue weighted by Gasteiger charge is 2.67. The quantitative estimate of drug-likeness (QED) is 0.543. The van der Waals surface area contributed by atoms with Crippen molar-refractivity contribution >= 4 is 5.91 Å². The summed E-state index contributed by atoms with van der Waals surface area (Å²) in [6, 6.07) is 0. The van der Waals surface area contributed by atoms with E-state index in [9.17, 15) is 4.79 Å². The molecule has 1 amide bonds. The molecule has 1 aliphatic rings. The molecule has 10 heavy (non-hydrogen) atoms. The number of carbonyl (C=O) groups is 1. The molecule has 0 aliphatic heterocycles. The molecule has 1 fully saturated rings. The van der Waals surface area contributed by atoms with Crippen LogP contribution >= 0.6 is 0 Å². The largest absolute Gasteiger partial charge is 0.273 e. The lowest BCUT2D eigenvalue weighted by Crippen LogP contribution is -2.06. The zero-order valence-electron chi connectivity index (χ0n) is 6.99. The summed E-state index contributed by atoms with van der Waals surface area (Å²) in [5, 5.41) is 0. The van der Waals surface area contributed by atoms with E-state index in [4.69, 9.17) is 5.73 Å². The van der Waals surface area contributed by atoms with Crippen molar-refractivity contribution in [3.8, 4) is 0 Å². The first-order valence-electron chi connectivity index (χ1n) is 3.57. The van der Waals surface area contributed by atoms with Crippen molar-refractivity contribution in [2.24, 2.45) is 16.7 Å². The van der Waals surface area contributed by atoms with E-state index < -0.39 is 5.91 Å². The van der Waals surface area contributed by atoms with Crippen molar-refractivity contribution in [3.63, 3.8) is 0 Å². The van der Waals surface area contributed by atoms with Gasteiger partial charge in [-0.1, -0.05) is 27.7 Å². The number of carbonyl (C=O) groups excluding carboxylic acids is 1.